The summed E-state index contributed by atoms with van der Waals surface area (Å²) in [6.45, 7) is 5.10. The molecule has 0 amide bonds. The molecular weight excluding hydrogens is 425 g/mol. The average Bonchev–Trinajstić information content (AvgIpc) is 2.74. The Kier molecular flexibility index (Phi) is 13.7. The Morgan fingerprint density at radius 3 is 2.03 bits per heavy atom. The van der Waals surface area contributed by atoms with E-state index in [0.717, 1.165) is 36.9 Å². The third kappa shape index (κ3) is 10.6. The summed E-state index contributed by atoms with van der Waals surface area (Å²) < 4.78 is 38.8. The molecule has 180 valence electrons. The number of nitrogens with one attached hydrogen (secondary N) is 1. The largest absolute Gasteiger partial charge is 1.00 e. The van der Waals surface area contributed by atoms with Crippen molar-refractivity contribution in [3.8, 4) is 0 Å². The smallest absolute Gasteiger partial charge is 0.416 e. The Balaban J connectivity index is 0.00000480. The first-order valence-corrected chi connectivity index (χ1v) is 11.9. The lowest BCUT2D eigenvalue weighted by atomic mass is 10.1. The number of aliphatic hydroxyl groups excluding tert-OH is 1. The maximum Gasteiger partial charge on any atom is 0.416 e. The molecule has 1 aliphatic heterocycles. The van der Waals surface area contributed by atoms with Crippen LogP contribution in [-0.4, -0.2) is 42.4 Å². The first kappa shape index (κ1) is 28.2. The van der Waals surface area contributed by atoms with Crippen LogP contribution in [-0.2, 0) is 6.18 Å². The van der Waals surface area contributed by atoms with Gasteiger partial charge in [0.25, 0.3) is 0 Å². The van der Waals surface area contributed by atoms with Gasteiger partial charge in [0.05, 0.1) is 31.7 Å². The van der Waals surface area contributed by atoms with Crippen LogP contribution in [0.1, 0.15) is 83.1 Å². The molecule has 1 aliphatic rings. The van der Waals surface area contributed by atoms with Crippen LogP contribution in [0, 0.1) is 0 Å². The summed E-state index contributed by atoms with van der Waals surface area (Å²) in [4.78, 5) is 3.13. The van der Waals surface area contributed by atoms with Gasteiger partial charge in [0.15, 0.2) is 0 Å². The molecule has 1 aromatic rings. The molecule has 1 unspecified atom stereocenters. The van der Waals surface area contributed by atoms with Crippen LogP contribution >= 0.6 is 0 Å². The summed E-state index contributed by atoms with van der Waals surface area (Å²) in [7, 11) is 0. The lowest BCUT2D eigenvalue weighted by Crippen LogP contribution is -3.10. The van der Waals surface area contributed by atoms with Crippen LogP contribution in [0.2, 0.25) is 0 Å². The number of piperazine rings is 1. The third-order valence-electron chi connectivity index (χ3n) is 6.24. The molecular formula is C24H40ClF3N2O. The molecule has 0 saturated carbocycles. The van der Waals surface area contributed by atoms with Crippen LogP contribution in [0.15, 0.2) is 24.3 Å². The number of benzene rings is 1. The fraction of sp³-hybridized carbons (Fsp3) is 0.750. The van der Waals surface area contributed by atoms with Gasteiger partial charge in [-0.3, -0.25) is 4.90 Å². The molecule has 0 aromatic heterocycles. The van der Waals surface area contributed by atoms with Crippen molar-refractivity contribution in [1.29, 1.82) is 0 Å². The first-order chi connectivity index (χ1) is 14.4. The molecule has 31 heavy (non-hydrogen) atoms. The predicted octanol–water partition coefficient (Wildman–Crippen LogP) is 2.17. The maximum atomic E-state index is 12.9. The van der Waals surface area contributed by atoms with Gasteiger partial charge in [-0.05, 0) is 25.0 Å². The number of hydrogen-bond acceptors (Lipinski definition) is 2. The normalized spacial score (nSPS) is 16.8. The van der Waals surface area contributed by atoms with E-state index in [1.165, 1.54) is 69.9 Å². The zero-order chi connectivity index (χ0) is 21.8. The monoisotopic (exact) mass is 464 g/mol. The van der Waals surface area contributed by atoms with Crippen molar-refractivity contribution < 1.29 is 35.6 Å². The average molecular weight is 465 g/mol. The van der Waals surface area contributed by atoms with Crippen LogP contribution in [0.5, 0.6) is 0 Å². The standard InChI is InChI=1S/C24H39F3N2O.ClH/c1-2-3-4-5-6-7-8-9-10-11-15-23(30)29-18-16-28(17-19-29)22-14-12-13-21(20-22)24(25,26)27;/h12-14,20,23,30H,2-11,15-19H2,1H3;1H. The number of rotatable bonds is 13. The van der Waals surface area contributed by atoms with Gasteiger partial charge in [0.2, 0.25) is 0 Å². The number of quaternary nitrogens is 1. The van der Waals surface area contributed by atoms with E-state index in [1.54, 1.807) is 6.07 Å². The van der Waals surface area contributed by atoms with Crippen LogP contribution in [0.25, 0.3) is 0 Å². The van der Waals surface area contributed by atoms with E-state index in [2.05, 4.69) is 11.8 Å². The second-order valence-corrected chi connectivity index (χ2v) is 8.67. The van der Waals surface area contributed by atoms with Crippen molar-refractivity contribution in [1.82, 2.24) is 4.90 Å². The minimum Gasteiger partial charge on any atom is -1.00 e. The summed E-state index contributed by atoms with van der Waals surface area (Å²) in [5.41, 5.74) is 0.101. The van der Waals surface area contributed by atoms with Crippen LogP contribution in [0.4, 0.5) is 18.9 Å². The summed E-state index contributed by atoms with van der Waals surface area (Å²) in [5, 5.41) is 10.5. The quantitative estimate of drug-likeness (QED) is 0.438. The molecule has 7 heteroatoms. The third-order valence-corrected chi connectivity index (χ3v) is 6.24. The molecule has 0 radical (unpaired) electrons. The summed E-state index contributed by atoms with van der Waals surface area (Å²) >= 11 is 0. The Labute approximate surface area is 192 Å². The molecule has 0 bridgehead atoms. The molecule has 1 heterocycles. The van der Waals surface area contributed by atoms with Crippen LogP contribution in [0.3, 0.4) is 0 Å². The molecule has 1 fully saturated rings. The van der Waals surface area contributed by atoms with Crippen molar-refractivity contribution in [3.05, 3.63) is 29.8 Å². The second-order valence-electron chi connectivity index (χ2n) is 8.67. The first-order valence-electron chi connectivity index (χ1n) is 11.9. The minimum atomic E-state index is -4.30. The molecule has 1 saturated heterocycles. The van der Waals surface area contributed by atoms with Crippen molar-refractivity contribution in [2.75, 3.05) is 26.2 Å². The van der Waals surface area contributed by atoms with E-state index in [9.17, 15) is 18.3 Å². The highest BCUT2D eigenvalue weighted by molar-refractivity contribution is 5.35. The minimum absolute atomic E-state index is 0. The highest BCUT2D eigenvalue weighted by Crippen LogP contribution is 2.30. The molecule has 2 N–H and O–H groups in total. The van der Waals surface area contributed by atoms with E-state index in [0.29, 0.717) is 18.8 Å². The van der Waals surface area contributed by atoms with Crippen LogP contribution < -0.4 is 17.3 Å². The molecule has 1 aromatic carbocycles. The number of aliphatic hydroxyl groups is 1. The van der Waals surface area contributed by atoms with E-state index < -0.39 is 18.0 Å². The predicted molar refractivity (Wildman–Crippen MR) is 116 cm³/mol. The van der Waals surface area contributed by atoms with Gasteiger partial charge >= 0.3 is 6.18 Å². The Morgan fingerprint density at radius 1 is 0.935 bits per heavy atom. The summed E-state index contributed by atoms with van der Waals surface area (Å²) in [6, 6.07) is 5.62. The highest BCUT2D eigenvalue weighted by atomic mass is 35.5. The van der Waals surface area contributed by atoms with Gasteiger partial charge in [-0.1, -0.05) is 70.8 Å². The second kappa shape index (κ2) is 15.1. The van der Waals surface area contributed by atoms with Gasteiger partial charge in [0, 0.05) is 6.07 Å². The lowest BCUT2D eigenvalue weighted by molar-refractivity contribution is -0.838. The zero-order valence-corrected chi connectivity index (χ0v) is 19.7. The number of alkyl halides is 3. The van der Waals surface area contributed by atoms with Crippen molar-refractivity contribution in [2.45, 2.75) is 90.0 Å². The van der Waals surface area contributed by atoms with Gasteiger partial charge in [-0.2, -0.15) is 13.2 Å². The van der Waals surface area contributed by atoms with E-state index in [4.69, 9.17) is 0 Å². The van der Waals surface area contributed by atoms with Gasteiger partial charge < -0.3 is 22.4 Å². The fourth-order valence-electron chi connectivity index (χ4n) is 4.29. The molecule has 3 nitrogen and oxygen atoms in total. The molecule has 0 spiro atoms. The SMILES string of the molecule is CCCCCCCCCCCCC(O)N1CC[NH+](c2cccc(C(F)(F)F)c2)CC1.[Cl-]. The van der Waals surface area contributed by atoms with Crippen molar-refractivity contribution in [2.24, 2.45) is 0 Å². The summed E-state index contributed by atoms with van der Waals surface area (Å²) in [6.07, 6.45) is 8.85. The van der Waals surface area contributed by atoms with Crippen molar-refractivity contribution >= 4 is 5.69 Å². The lowest BCUT2D eigenvalue weighted by Gasteiger charge is -2.35. The Hall–Kier alpha value is -0.820. The Morgan fingerprint density at radius 2 is 1.48 bits per heavy atom. The van der Waals surface area contributed by atoms with E-state index in [-0.39, 0.29) is 12.4 Å². The number of unbranched alkanes of at least 4 members (excludes halogenated alkanes) is 9. The molecule has 1 atom stereocenters. The molecule has 0 aliphatic carbocycles. The van der Waals surface area contributed by atoms with E-state index in [1.807, 2.05) is 0 Å². The van der Waals surface area contributed by atoms with E-state index >= 15 is 0 Å². The van der Waals surface area contributed by atoms with Gasteiger partial charge in [-0.15, -0.1) is 0 Å². The summed E-state index contributed by atoms with van der Waals surface area (Å²) in [5.74, 6) is 0. The van der Waals surface area contributed by atoms with Gasteiger partial charge in [-0.25, -0.2) is 0 Å². The topological polar surface area (TPSA) is 27.9 Å². The maximum absolute atomic E-state index is 12.9. The number of hydrogen-bond donors (Lipinski definition) is 2. The molecule has 2 rings (SSSR count). The van der Waals surface area contributed by atoms with Crippen molar-refractivity contribution in [3.63, 3.8) is 0 Å². The highest BCUT2D eigenvalue weighted by Gasteiger charge is 2.32. The Bertz CT molecular complexity index is 592. The van der Waals surface area contributed by atoms with Gasteiger partial charge in [0.1, 0.15) is 11.9 Å². The fourth-order valence-corrected chi connectivity index (χ4v) is 4.29. The number of nitrogens with zero attached hydrogens (tertiary/aromatic N) is 1. The number of halogens is 4. The zero-order valence-electron chi connectivity index (χ0n) is 18.9.